The predicted octanol–water partition coefficient (Wildman–Crippen LogP) is 3.37. The van der Waals surface area contributed by atoms with E-state index in [-0.39, 0.29) is 11.9 Å². The van der Waals surface area contributed by atoms with Crippen LogP contribution in [-0.4, -0.2) is 15.8 Å². The van der Waals surface area contributed by atoms with Crippen LogP contribution >= 0.6 is 11.6 Å². The molecule has 0 spiro atoms. The van der Waals surface area contributed by atoms with Crippen LogP contribution in [0.1, 0.15) is 30.8 Å². The number of hydrogen-bond donors (Lipinski definition) is 1. The highest BCUT2D eigenvalue weighted by Gasteiger charge is 2.17. The summed E-state index contributed by atoms with van der Waals surface area (Å²) in [4.78, 5) is 0. The quantitative estimate of drug-likeness (QED) is 0.889. The molecular weight excluding hydrogens is 289 g/mol. The van der Waals surface area contributed by atoms with Crippen molar-refractivity contribution >= 4 is 11.6 Å². The van der Waals surface area contributed by atoms with Crippen molar-refractivity contribution in [3.63, 3.8) is 0 Å². The molecule has 1 unspecified atom stereocenters. The summed E-state index contributed by atoms with van der Waals surface area (Å²) >= 11 is 6.37. The maximum atomic E-state index is 13.7. The van der Waals surface area contributed by atoms with E-state index in [1.54, 1.807) is 12.1 Å². The molecule has 0 bridgehead atoms. The molecule has 1 aromatic heterocycles. The van der Waals surface area contributed by atoms with Gasteiger partial charge in [-0.05, 0) is 31.4 Å². The first-order chi connectivity index (χ1) is 10.1. The molecule has 0 fully saturated rings. The average Bonchev–Trinajstić information content (AvgIpc) is 2.77. The van der Waals surface area contributed by atoms with Crippen molar-refractivity contribution in [2.24, 2.45) is 5.73 Å². The van der Waals surface area contributed by atoms with Crippen LogP contribution in [0.4, 0.5) is 4.39 Å². The second-order valence-corrected chi connectivity index (χ2v) is 5.51. The lowest BCUT2D eigenvalue weighted by atomic mass is 10.0. The Morgan fingerprint density at radius 1 is 1.29 bits per heavy atom. The molecular formula is C16H21ClFN3. The zero-order chi connectivity index (χ0) is 15.4. The minimum atomic E-state index is -0.211. The van der Waals surface area contributed by atoms with Crippen LogP contribution in [-0.2, 0) is 25.8 Å². The predicted molar refractivity (Wildman–Crippen MR) is 84.1 cm³/mol. The standard InChI is InChI=1S/C16H21ClFN3/c1-3-14-16(17)15(21(4-2)20-14)10-12(19)9-11-7-5-6-8-13(11)18/h5-8,12H,3-4,9-10,19H2,1-2H3. The number of nitrogens with two attached hydrogens (primary N) is 1. The summed E-state index contributed by atoms with van der Waals surface area (Å²) in [6.07, 6.45) is 1.87. The van der Waals surface area contributed by atoms with E-state index in [9.17, 15) is 4.39 Å². The fourth-order valence-electron chi connectivity index (χ4n) is 2.48. The molecule has 0 amide bonds. The third kappa shape index (κ3) is 3.63. The maximum Gasteiger partial charge on any atom is 0.126 e. The van der Waals surface area contributed by atoms with E-state index in [0.717, 1.165) is 24.4 Å². The summed E-state index contributed by atoms with van der Waals surface area (Å²) in [5.41, 5.74) is 8.66. The van der Waals surface area contributed by atoms with E-state index in [2.05, 4.69) is 5.10 Å². The fourth-order valence-corrected chi connectivity index (χ4v) is 2.83. The number of rotatable bonds is 6. The molecule has 0 saturated heterocycles. The third-order valence-electron chi connectivity index (χ3n) is 3.59. The van der Waals surface area contributed by atoms with Crippen LogP contribution in [0.25, 0.3) is 0 Å². The van der Waals surface area contributed by atoms with Crippen LogP contribution in [0.15, 0.2) is 24.3 Å². The van der Waals surface area contributed by atoms with Crippen LogP contribution in [0.5, 0.6) is 0 Å². The van der Waals surface area contributed by atoms with Gasteiger partial charge in [0, 0.05) is 19.0 Å². The highest BCUT2D eigenvalue weighted by molar-refractivity contribution is 6.31. The highest BCUT2D eigenvalue weighted by Crippen LogP contribution is 2.23. The molecule has 0 aliphatic heterocycles. The lowest BCUT2D eigenvalue weighted by molar-refractivity contribution is 0.555. The molecule has 0 aliphatic rings. The zero-order valence-corrected chi connectivity index (χ0v) is 13.2. The Hall–Kier alpha value is -1.39. The largest absolute Gasteiger partial charge is 0.327 e. The Morgan fingerprint density at radius 2 is 2.00 bits per heavy atom. The van der Waals surface area contributed by atoms with E-state index in [0.29, 0.717) is 23.4 Å². The van der Waals surface area contributed by atoms with Crippen molar-refractivity contribution in [2.75, 3.05) is 0 Å². The van der Waals surface area contributed by atoms with E-state index >= 15 is 0 Å². The first kappa shape index (κ1) is 16.0. The first-order valence-electron chi connectivity index (χ1n) is 7.29. The second kappa shape index (κ2) is 7.05. The van der Waals surface area contributed by atoms with Crippen LogP contribution < -0.4 is 5.73 Å². The van der Waals surface area contributed by atoms with Crippen molar-refractivity contribution in [1.82, 2.24) is 9.78 Å². The van der Waals surface area contributed by atoms with Crippen molar-refractivity contribution in [3.05, 3.63) is 52.1 Å². The van der Waals surface area contributed by atoms with Crippen LogP contribution in [0.2, 0.25) is 5.02 Å². The van der Waals surface area contributed by atoms with E-state index in [1.807, 2.05) is 24.6 Å². The molecule has 2 rings (SSSR count). The van der Waals surface area contributed by atoms with Crippen molar-refractivity contribution in [1.29, 1.82) is 0 Å². The second-order valence-electron chi connectivity index (χ2n) is 5.14. The Labute approximate surface area is 129 Å². The molecule has 3 nitrogen and oxygen atoms in total. The summed E-state index contributed by atoms with van der Waals surface area (Å²) in [6, 6.07) is 6.54. The lowest BCUT2D eigenvalue weighted by Gasteiger charge is -2.13. The number of halogens is 2. The normalized spacial score (nSPS) is 12.6. The molecule has 0 saturated carbocycles. The van der Waals surface area contributed by atoms with Crippen LogP contribution in [0.3, 0.4) is 0 Å². The van der Waals surface area contributed by atoms with Crippen molar-refractivity contribution in [2.45, 2.75) is 45.7 Å². The van der Waals surface area contributed by atoms with Gasteiger partial charge in [-0.3, -0.25) is 4.68 Å². The van der Waals surface area contributed by atoms with Gasteiger partial charge in [-0.2, -0.15) is 5.10 Å². The van der Waals surface area contributed by atoms with Gasteiger partial charge in [0.05, 0.1) is 16.4 Å². The molecule has 114 valence electrons. The average molecular weight is 310 g/mol. The van der Waals surface area contributed by atoms with Gasteiger partial charge in [0.15, 0.2) is 0 Å². The smallest absolute Gasteiger partial charge is 0.126 e. The Kier molecular flexibility index (Phi) is 5.37. The molecule has 21 heavy (non-hydrogen) atoms. The van der Waals surface area contributed by atoms with Gasteiger partial charge in [0.1, 0.15) is 5.82 Å². The lowest BCUT2D eigenvalue weighted by Crippen LogP contribution is -2.27. The number of aryl methyl sites for hydroxylation is 2. The summed E-state index contributed by atoms with van der Waals surface area (Å²) in [5, 5.41) is 5.18. The molecule has 1 aromatic carbocycles. The zero-order valence-electron chi connectivity index (χ0n) is 12.4. The Morgan fingerprint density at radius 3 is 2.62 bits per heavy atom. The highest BCUT2D eigenvalue weighted by atomic mass is 35.5. The van der Waals surface area contributed by atoms with E-state index in [1.165, 1.54) is 6.07 Å². The summed E-state index contributed by atoms with van der Waals surface area (Å²) in [6.45, 7) is 4.80. The van der Waals surface area contributed by atoms with E-state index in [4.69, 9.17) is 17.3 Å². The Balaban J connectivity index is 2.14. The number of aromatic nitrogens is 2. The van der Waals surface area contributed by atoms with Gasteiger partial charge in [-0.15, -0.1) is 0 Å². The molecule has 1 atom stereocenters. The van der Waals surface area contributed by atoms with Crippen molar-refractivity contribution < 1.29 is 4.39 Å². The van der Waals surface area contributed by atoms with E-state index < -0.39 is 0 Å². The summed E-state index contributed by atoms with van der Waals surface area (Å²) in [5.74, 6) is -0.211. The maximum absolute atomic E-state index is 13.7. The summed E-state index contributed by atoms with van der Waals surface area (Å²) < 4.78 is 15.6. The number of benzene rings is 1. The minimum Gasteiger partial charge on any atom is -0.327 e. The van der Waals surface area contributed by atoms with Gasteiger partial charge in [-0.25, -0.2) is 4.39 Å². The molecule has 5 heteroatoms. The fraction of sp³-hybridized carbons (Fsp3) is 0.438. The Bertz CT molecular complexity index is 610. The molecule has 2 N–H and O–H groups in total. The van der Waals surface area contributed by atoms with Gasteiger partial charge >= 0.3 is 0 Å². The number of nitrogens with zero attached hydrogens (tertiary/aromatic N) is 2. The number of hydrogen-bond acceptors (Lipinski definition) is 2. The molecule has 1 heterocycles. The molecule has 0 aliphatic carbocycles. The monoisotopic (exact) mass is 309 g/mol. The molecule has 2 aromatic rings. The summed E-state index contributed by atoms with van der Waals surface area (Å²) in [7, 11) is 0. The molecule has 0 radical (unpaired) electrons. The van der Waals surface area contributed by atoms with Crippen LogP contribution in [0, 0.1) is 5.82 Å². The SMILES string of the molecule is CCc1nn(CC)c(CC(N)Cc2ccccc2F)c1Cl. The van der Waals surface area contributed by atoms with Gasteiger partial charge in [-0.1, -0.05) is 36.7 Å². The topological polar surface area (TPSA) is 43.8 Å². The minimum absolute atomic E-state index is 0.189. The van der Waals surface area contributed by atoms with Gasteiger partial charge in [0.2, 0.25) is 0 Å². The van der Waals surface area contributed by atoms with Crippen molar-refractivity contribution in [3.8, 4) is 0 Å². The van der Waals surface area contributed by atoms with Gasteiger partial charge < -0.3 is 5.73 Å². The third-order valence-corrected chi connectivity index (χ3v) is 4.03. The first-order valence-corrected chi connectivity index (χ1v) is 7.67. The van der Waals surface area contributed by atoms with Gasteiger partial charge in [0.25, 0.3) is 0 Å².